The Morgan fingerprint density at radius 2 is 1.95 bits per heavy atom. The fraction of sp³-hybridized carbons (Fsp3) is 0.250. The summed E-state index contributed by atoms with van der Waals surface area (Å²) in [6.07, 6.45) is -0.593. The Morgan fingerprint density at radius 3 is 2.62 bits per heavy atom. The molecule has 0 amide bonds. The smallest absolute Gasteiger partial charge is 0.269 e. The molecule has 2 aromatic carbocycles. The van der Waals surface area contributed by atoms with Crippen molar-refractivity contribution in [1.82, 2.24) is 5.32 Å². The number of benzene rings is 2. The standard InChI is InChI=1S/C16H18N2O3/c1-12-5-7-14(8-6-12)16(19)11-17-10-13-3-2-4-15(9-13)18(20)21/h2-9,16-17,19H,10-11H2,1H3. The Hall–Kier alpha value is -2.24. The SMILES string of the molecule is Cc1ccc(C(O)CNCc2cccc([N+](=O)[O-])c2)cc1. The third-order valence-corrected chi connectivity index (χ3v) is 3.25. The number of nitrogens with one attached hydrogen (secondary N) is 1. The largest absolute Gasteiger partial charge is 0.387 e. The van der Waals surface area contributed by atoms with Gasteiger partial charge in [-0.25, -0.2) is 0 Å². The van der Waals surface area contributed by atoms with Crippen molar-refractivity contribution in [3.63, 3.8) is 0 Å². The van der Waals surface area contributed by atoms with E-state index in [1.165, 1.54) is 12.1 Å². The number of hydrogen-bond donors (Lipinski definition) is 2. The molecule has 2 aromatic rings. The molecular formula is C16H18N2O3. The Morgan fingerprint density at radius 1 is 1.24 bits per heavy atom. The van der Waals surface area contributed by atoms with E-state index in [0.717, 1.165) is 16.7 Å². The minimum atomic E-state index is -0.593. The molecule has 0 spiro atoms. The van der Waals surface area contributed by atoms with Crippen LogP contribution in [0.3, 0.4) is 0 Å². The van der Waals surface area contributed by atoms with Gasteiger partial charge in [0.05, 0.1) is 11.0 Å². The number of aryl methyl sites for hydroxylation is 1. The Kier molecular flexibility index (Phi) is 5.03. The van der Waals surface area contributed by atoms with Crippen molar-refractivity contribution in [1.29, 1.82) is 0 Å². The fourth-order valence-electron chi connectivity index (χ4n) is 2.04. The molecular weight excluding hydrogens is 268 g/mol. The third-order valence-electron chi connectivity index (χ3n) is 3.25. The summed E-state index contributed by atoms with van der Waals surface area (Å²) in [5.74, 6) is 0. The van der Waals surface area contributed by atoms with Crippen LogP contribution in [0.2, 0.25) is 0 Å². The fourth-order valence-corrected chi connectivity index (χ4v) is 2.04. The van der Waals surface area contributed by atoms with E-state index in [0.29, 0.717) is 13.1 Å². The van der Waals surface area contributed by atoms with Crippen LogP contribution in [0.1, 0.15) is 22.8 Å². The molecule has 1 unspecified atom stereocenters. The van der Waals surface area contributed by atoms with Gasteiger partial charge in [0.1, 0.15) is 0 Å². The summed E-state index contributed by atoms with van der Waals surface area (Å²) < 4.78 is 0. The number of nitro benzene ring substituents is 1. The predicted molar refractivity (Wildman–Crippen MR) is 80.9 cm³/mol. The van der Waals surface area contributed by atoms with Crippen molar-refractivity contribution in [2.45, 2.75) is 19.6 Å². The van der Waals surface area contributed by atoms with Crippen LogP contribution in [0.15, 0.2) is 48.5 Å². The maximum Gasteiger partial charge on any atom is 0.269 e. The first-order chi connectivity index (χ1) is 10.1. The highest BCUT2D eigenvalue weighted by atomic mass is 16.6. The van der Waals surface area contributed by atoms with Crippen LogP contribution in [-0.2, 0) is 6.54 Å². The van der Waals surface area contributed by atoms with Gasteiger partial charge in [-0.1, -0.05) is 42.0 Å². The van der Waals surface area contributed by atoms with Crippen LogP contribution < -0.4 is 5.32 Å². The van der Waals surface area contributed by atoms with Crippen LogP contribution >= 0.6 is 0 Å². The first-order valence-corrected chi connectivity index (χ1v) is 6.75. The van der Waals surface area contributed by atoms with Crippen LogP contribution in [0, 0.1) is 17.0 Å². The first kappa shape index (κ1) is 15.2. The second-order valence-corrected chi connectivity index (χ2v) is 4.98. The molecule has 5 heteroatoms. The minimum Gasteiger partial charge on any atom is -0.387 e. The van der Waals surface area contributed by atoms with Gasteiger partial charge in [-0.2, -0.15) is 0 Å². The van der Waals surface area contributed by atoms with Gasteiger partial charge in [0.25, 0.3) is 5.69 Å². The van der Waals surface area contributed by atoms with E-state index in [2.05, 4.69) is 5.32 Å². The van der Waals surface area contributed by atoms with Crippen molar-refractivity contribution in [2.24, 2.45) is 0 Å². The number of aliphatic hydroxyl groups is 1. The second-order valence-electron chi connectivity index (χ2n) is 4.98. The molecule has 0 fully saturated rings. The topological polar surface area (TPSA) is 75.4 Å². The van der Waals surface area contributed by atoms with E-state index in [9.17, 15) is 15.2 Å². The Bertz CT molecular complexity index is 611. The van der Waals surface area contributed by atoms with Crippen LogP contribution in [-0.4, -0.2) is 16.6 Å². The molecule has 0 aliphatic heterocycles. The van der Waals surface area contributed by atoms with Crippen LogP contribution in [0.4, 0.5) is 5.69 Å². The Balaban J connectivity index is 1.87. The molecule has 1 atom stereocenters. The summed E-state index contributed by atoms with van der Waals surface area (Å²) >= 11 is 0. The maximum atomic E-state index is 10.7. The maximum absolute atomic E-state index is 10.7. The summed E-state index contributed by atoms with van der Waals surface area (Å²) in [6.45, 7) is 2.87. The first-order valence-electron chi connectivity index (χ1n) is 6.75. The van der Waals surface area contributed by atoms with Gasteiger partial charge in [-0.05, 0) is 18.1 Å². The van der Waals surface area contributed by atoms with Gasteiger partial charge in [0.15, 0.2) is 0 Å². The number of hydrogen-bond acceptors (Lipinski definition) is 4. The van der Waals surface area contributed by atoms with E-state index < -0.39 is 11.0 Å². The van der Waals surface area contributed by atoms with Crippen molar-refractivity contribution in [3.05, 3.63) is 75.3 Å². The summed E-state index contributed by atoms with van der Waals surface area (Å²) in [6, 6.07) is 14.2. The molecule has 0 aliphatic carbocycles. The molecule has 0 radical (unpaired) electrons. The lowest BCUT2D eigenvalue weighted by Crippen LogP contribution is -2.21. The number of rotatable bonds is 6. The van der Waals surface area contributed by atoms with E-state index in [4.69, 9.17) is 0 Å². The minimum absolute atomic E-state index is 0.0772. The van der Waals surface area contributed by atoms with E-state index in [1.807, 2.05) is 37.3 Å². The van der Waals surface area contributed by atoms with Gasteiger partial charge in [-0.15, -0.1) is 0 Å². The molecule has 5 nitrogen and oxygen atoms in total. The molecule has 2 rings (SSSR count). The summed E-state index contributed by atoms with van der Waals surface area (Å²) in [5.41, 5.74) is 2.90. The van der Waals surface area contributed by atoms with Gasteiger partial charge in [0.2, 0.25) is 0 Å². The average Bonchev–Trinajstić information content (AvgIpc) is 2.48. The molecule has 0 heterocycles. The summed E-state index contributed by atoms with van der Waals surface area (Å²) in [4.78, 5) is 10.3. The lowest BCUT2D eigenvalue weighted by molar-refractivity contribution is -0.384. The highest BCUT2D eigenvalue weighted by molar-refractivity contribution is 5.34. The molecule has 0 saturated heterocycles. The normalized spacial score (nSPS) is 12.1. The zero-order valence-corrected chi connectivity index (χ0v) is 11.8. The molecule has 0 bridgehead atoms. The molecule has 2 N–H and O–H groups in total. The summed E-state index contributed by atoms with van der Waals surface area (Å²) in [5, 5.41) is 23.9. The van der Waals surface area contributed by atoms with Crippen molar-refractivity contribution in [3.8, 4) is 0 Å². The predicted octanol–water partition coefficient (Wildman–Crippen LogP) is 2.73. The zero-order valence-electron chi connectivity index (χ0n) is 11.8. The van der Waals surface area contributed by atoms with Crippen LogP contribution in [0.25, 0.3) is 0 Å². The van der Waals surface area contributed by atoms with Crippen molar-refractivity contribution >= 4 is 5.69 Å². The highest BCUT2D eigenvalue weighted by Gasteiger charge is 2.08. The number of nitrogens with zero attached hydrogens (tertiary/aromatic N) is 1. The van der Waals surface area contributed by atoms with Gasteiger partial charge in [0, 0.05) is 25.2 Å². The average molecular weight is 286 g/mol. The second kappa shape index (κ2) is 6.97. The highest BCUT2D eigenvalue weighted by Crippen LogP contribution is 2.14. The van der Waals surface area contributed by atoms with Crippen LogP contribution in [0.5, 0.6) is 0 Å². The van der Waals surface area contributed by atoms with Gasteiger partial charge in [-0.3, -0.25) is 10.1 Å². The number of nitro groups is 1. The van der Waals surface area contributed by atoms with Gasteiger partial charge >= 0.3 is 0 Å². The molecule has 110 valence electrons. The zero-order chi connectivity index (χ0) is 15.2. The number of non-ortho nitro benzene ring substituents is 1. The molecule has 0 saturated carbocycles. The number of aliphatic hydroxyl groups excluding tert-OH is 1. The monoisotopic (exact) mass is 286 g/mol. The van der Waals surface area contributed by atoms with Gasteiger partial charge < -0.3 is 10.4 Å². The van der Waals surface area contributed by atoms with E-state index >= 15 is 0 Å². The summed E-state index contributed by atoms with van der Waals surface area (Å²) in [7, 11) is 0. The molecule has 21 heavy (non-hydrogen) atoms. The lowest BCUT2D eigenvalue weighted by Gasteiger charge is -2.12. The van der Waals surface area contributed by atoms with Crippen molar-refractivity contribution < 1.29 is 10.0 Å². The van der Waals surface area contributed by atoms with E-state index in [-0.39, 0.29) is 5.69 Å². The Labute approximate surface area is 123 Å². The third kappa shape index (κ3) is 4.37. The molecule has 0 aromatic heterocycles. The van der Waals surface area contributed by atoms with Crippen molar-refractivity contribution in [2.75, 3.05) is 6.54 Å². The molecule has 0 aliphatic rings. The van der Waals surface area contributed by atoms with E-state index in [1.54, 1.807) is 6.07 Å². The lowest BCUT2D eigenvalue weighted by atomic mass is 10.1. The quantitative estimate of drug-likeness (QED) is 0.632.